The lowest BCUT2D eigenvalue weighted by atomic mass is 10.1. The van der Waals surface area contributed by atoms with Crippen LogP contribution in [-0.2, 0) is 10.0 Å². The van der Waals surface area contributed by atoms with Gasteiger partial charge in [-0.3, -0.25) is 14.4 Å². The third kappa shape index (κ3) is 6.82. The lowest BCUT2D eigenvalue weighted by Crippen LogP contribution is -2.48. The van der Waals surface area contributed by atoms with Crippen molar-refractivity contribution in [3.63, 3.8) is 0 Å². The maximum atomic E-state index is 12.9. The number of thiazole rings is 1. The smallest absolute Gasteiger partial charge is 0.261 e. The number of aromatic nitrogens is 1. The van der Waals surface area contributed by atoms with Gasteiger partial charge in [-0.1, -0.05) is 52.7 Å². The van der Waals surface area contributed by atoms with Gasteiger partial charge in [-0.05, 0) is 55.0 Å². The lowest BCUT2D eigenvalue weighted by molar-refractivity contribution is 0.0948. The van der Waals surface area contributed by atoms with Crippen molar-refractivity contribution in [1.29, 1.82) is 0 Å². The second-order valence-electron chi connectivity index (χ2n) is 9.23. The van der Waals surface area contributed by atoms with E-state index in [0.717, 1.165) is 52.1 Å². The molecule has 0 atom stereocenters. The molecule has 0 saturated carbocycles. The van der Waals surface area contributed by atoms with E-state index in [-0.39, 0.29) is 34.5 Å². The molecule has 4 aromatic rings. The fourth-order valence-electron chi connectivity index (χ4n) is 4.40. The first-order valence-corrected chi connectivity index (χ1v) is 15.5. The minimum absolute atomic E-state index is 0. The molecule has 1 aliphatic rings. The van der Waals surface area contributed by atoms with Gasteiger partial charge in [0.1, 0.15) is 0 Å². The van der Waals surface area contributed by atoms with Gasteiger partial charge in [0.15, 0.2) is 5.13 Å². The van der Waals surface area contributed by atoms with Crippen molar-refractivity contribution in [2.75, 3.05) is 48.9 Å². The van der Waals surface area contributed by atoms with E-state index < -0.39 is 10.0 Å². The summed E-state index contributed by atoms with van der Waals surface area (Å²) in [5, 5.41) is 5.07. The topological polar surface area (TPSA) is 94.6 Å². The maximum absolute atomic E-state index is 12.9. The SMILES string of the molecule is Cc1ccc(Cl)c2sc(N3CCN(CCNC(=O)c4ccccc4NS(=O)(=O)c4ccc(Cl)cc4)CC3)nc12.Cl. The highest BCUT2D eigenvalue weighted by Gasteiger charge is 2.22. The van der Waals surface area contributed by atoms with E-state index in [0.29, 0.717) is 18.1 Å². The van der Waals surface area contributed by atoms with Crippen molar-refractivity contribution >= 4 is 83.9 Å². The van der Waals surface area contributed by atoms with Crippen LogP contribution in [0.4, 0.5) is 10.8 Å². The molecule has 0 radical (unpaired) electrons. The Hall–Kier alpha value is -2.60. The monoisotopic (exact) mass is 639 g/mol. The number of nitrogens with zero attached hydrogens (tertiary/aromatic N) is 3. The molecule has 8 nitrogen and oxygen atoms in total. The minimum Gasteiger partial charge on any atom is -0.351 e. The first kappa shape index (κ1) is 30.4. The van der Waals surface area contributed by atoms with E-state index in [4.69, 9.17) is 28.2 Å². The van der Waals surface area contributed by atoms with Crippen molar-refractivity contribution in [3.05, 3.63) is 81.8 Å². The first-order chi connectivity index (χ1) is 18.7. The number of carbonyl (C=O) groups excluding carboxylic acids is 1. The van der Waals surface area contributed by atoms with E-state index in [1.54, 1.807) is 35.6 Å². The summed E-state index contributed by atoms with van der Waals surface area (Å²) in [5.41, 5.74) is 2.54. The molecule has 0 spiro atoms. The third-order valence-corrected chi connectivity index (χ3v) is 9.79. The number of aryl methyl sites for hydroxylation is 1. The second kappa shape index (κ2) is 12.9. The molecule has 13 heteroatoms. The minimum atomic E-state index is -3.88. The number of amides is 1. The molecular weight excluding hydrogens is 613 g/mol. The number of hydrogen-bond donors (Lipinski definition) is 2. The summed E-state index contributed by atoms with van der Waals surface area (Å²) in [5.74, 6) is -0.343. The Morgan fingerprint density at radius 3 is 2.40 bits per heavy atom. The number of carbonyl (C=O) groups is 1. The number of rotatable bonds is 8. The van der Waals surface area contributed by atoms with E-state index in [1.807, 2.05) is 19.1 Å². The summed E-state index contributed by atoms with van der Waals surface area (Å²) in [6.07, 6.45) is 0. The number of sulfonamides is 1. The van der Waals surface area contributed by atoms with Crippen LogP contribution in [0, 0.1) is 6.92 Å². The molecule has 212 valence electrons. The third-order valence-electron chi connectivity index (χ3n) is 6.58. The largest absolute Gasteiger partial charge is 0.351 e. The van der Waals surface area contributed by atoms with Crippen LogP contribution in [0.25, 0.3) is 10.2 Å². The van der Waals surface area contributed by atoms with Crippen LogP contribution in [0.1, 0.15) is 15.9 Å². The van der Waals surface area contributed by atoms with E-state index >= 15 is 0 Å². The van der Waals surface area contributed by atoms with Gasteiger partial charge in [0.05, 0.1) is 31.4 Å². The summed E-state index contributed by atoms with van der Waals surface area (Å²) in [6, 6.07) is 16.3. The van der Waals surface area contributed by atoms with Crippen LogP contribution in [0.5, 0.6) is 0 Å². The van der Waals surface area contributed by atoms with Crippen LogP contribution in [-0.4, -0.2) is 63.5 Å². The van der Waals surface area contributed by atoms with E-state index in [1.165, 1.54) is 24.3 Å². The van der Waals surface area contributed by atoms with Gasteiger partial charge < -0.3 is 10.2 Å². The highest BCUT2D eigenvalue weighted by atomic mass is 35.5. The van der Waals surface area contributed by atoms with Crippen LogP contribution >= 0.6 is 46.9 Å². The molecule has 1 fully saturated rings. The molecule has 1 aromatic heterocycles. The first-order valence-electron chi connectivity index (χ1n) is 12.4. The number of fused-ring (bicyclic) bond motifs is 1. The Morgan fingerprint density at radius 2 is 1.70 bits per heavy atom. The quantitative estimate of drug-likeness (QED) is 0.257. The van der Waals surface area contributed by atoms with E-state index in [2.05, 4.69) is 19.8 Å². The van der Waals surface area contributed by atoms with Gasteiger partial charge in [0, 0.05) is 44.3 Å². The standard InChI is InChI=1S/C27H27Cl2N5O3S2.ClH/c1-18-6-11-22(29)25-24(18)31-27(38-25)34-16-14-33(15-17-34)13-12-30-26(35)21-4-2-3-5-23(21)32-39(36,37)20-9-7-19(28)8-10-20;/h2-11,32H,12-17H2,1H3,(H,30,35);1H. The maximum Gasteiger partial charge on any atom is 0.261 e. The average Bonchev–Trinajstić information content (AvgIpc) is 3.39. The second-order valence-corrected chi connectivity index (χ2v) is 12.7. The van der Waals surface area contributed by atoms with Crippen molar-refractivity contribution in [2.45, 2.75) is 11.8 Å². The highest BCUT2D eigenvalue weighted by Crippen LogP contribution is 2.35. The van der Waals surface area contributed by atoms with Crippen LogP contribution in [0.3, 0.4) is 0 Å². The fourth-order valence-corrected chi connectivity index (χ4v) is 6.97. The number of piperazine rings is 1. The highest BCUT2D eigenvalue weighted by molar-refractivity contribution is 7.92. The summed E-state index contributed by atoms with van der Waals surface area (Å²) in [4.78, 5) is 22.4. The van der Waals surface area contributed by atoms with Crippen molar-refractivity contribution in [2.24, 2.45) is 0 Å². The lowest BCUT2D eigenvalue weighted by Gasteiger charge is -2.34. The Labute approximate surface area is 253 Å². The number of anilines is 2. The molecular formula is C27H28Cl3N5O3S2. The number of halogens is 3. The summed E-state index contributed by atoms with van der Waals surface area (Å²) in [7, 11) is -3.88. The Morgan fingerprint density at radius 1 is 1.00 bits per heavy atom. The number of benzene rings is 3. The molecule has 0 aliphatic carbocycles. The van der Waals surface area contributed by atoms with Gasteiger partial charge in [0.25, 0.3) is 15.9 Å². The Kier molecular flexibility index (Phi) is 9.81. The van der Waals surface area contributed by atoms with Gasteiger partial charge in [-0.15, -0.1) is 12.4 Å². The Bertz CT molecular complexity index is 1570. The van der Waals surface area contributed by atoms with Crippen molar-refractivity contribution in [1.82, 2.24) is 15.2 Å². The zero-order chi connectivity index (χ0) is 27.6. The molecule has 1 amide bonds. The average molecular weight is 641 g/mol. The molecule has 0 bridgehead atoms. The Balaban J connectivity index is 0.00000370. The normalized spacial score (nSPS) is 14.1. The van der Waals surface area contributed by atoms with Crippen molar-refractivity contribution in [3.8, 4) is 0 Å². The van der Waals surface area contributed by atoms with Crippen molar-refractivity contribution < 1.29 is 13.2 Å². The van der Waals surface area contributed by atoms with Crippen LogP contribution in [0.15, 0.2) is 65.6 Å². The number of nitrogens with one attached hydrogen (secondary N) is 2. The van der Waals surface area contributed by atoms with Crippen LogP contribution < -0.4 is 14.9 Å². The summed E-state index contributed by atoms with van der Waals surface area (Å²) >= 11 is 13.9. The summed E-state index contributed by atoms with van der Waals surface area (Å²) < 4.78 is 29.2. The van der Waals surface area contributed by atoms with Gasteiger partial charge in [0.2, 0.25) is 0 Å². The number of hydrogen-bond acceptors (Lipinski definition) is 7. The number of para-hydroxylation sites is 1. The molecule has 40 heavy (non-hydrogen) atoms. The zero-order valence-corrected chi connectivity index (χ0v) is 25.5. The molecule has 0 unspecified atom stereocenters. The zero-order valence-electron chi connectivity index (χ0n) is 21.6. The van der Waals surface area contributed by atoms with Gasteiger partial charge in [-0.25, -0.2) is 13.4 Å². The molecule has 3 aromatic carbocycles. The molecule has 5 rings (SSSR count). The van der Waals surface area contributed by atoms with Gasteiger partial charge >= 0.3 is 0 Å². The molecule has 2 N–H and O–H groups in total. The summed E-state index contributed by atoms with van der Waals surface area (Å²) in [6.45, 7) is 6.52. The van der Waals surface area contributed by atoms with Crippen LogP contribution in [0.2, 0.25) is 10.0 Å². The predicted octanol–water partition coefficient (Wildman–Crippen LogP) is 5.69. The van der Waals surface area contributed by atoms with E-state index in [9.17, 15) is 13.2 Å². The fraction of sp³-hybridized carbons (Fsp3) is 0.259. The predicted molar refractivity (Wildman–Crippen MR) is 166 cm³/mol. The molecule has 2 heterocycles. The molecule has 1 aliphatic heterocycles. The van der Waals surface area contributed by atoms with Gasteiger partial charge in [-0.2, -0.15) is 0 Å². The molecule has 1 saturated heterocycles.